The van der Waals surface area contributed by atoms with Gasteiger partial charge in [-0.15, -0.1) is 0 Å². The third kappa shape index (κ3) is 2.26. The van der Waals surface area contributed by atoms with E-state index >= 15 is 0 Å². The van der Waals surface area contributed by atoms with E-state index in [0.29, 0.717) is 13.0 Å². The summed E-state index contributed by atoms with van der Waals surface area (Å²) in [7, 11) is 0. The summed E-state index contributed by atoms with van der Waals surface area (Å²) in [6.45, 7) is 2.29. The van der Waals surface area contributed by atoms with Gasteiger partial charge in [-0.05, 0) is 31.9 Å². The summed E-state index contributed by atoms with van der Waals surface area (Å²) in [5, 5.41) is 9.20. The van der Waals surface area contributed by atoms with Crippen LogP contribution in [0.2, 0.25) is 0 Å². The normalized spacial score (nSPS) is 19.9. The SMILES string of the molecule is CC(C(=O)N1CCCC1C(=O)O)n1cnc2ccccc21. The fourth-order valence-corrected chi connectivity index (χ4v) is 2.93. The molecular weight excluding hydrogens is 270 g/mol. The van der Waals surface area contributed by atoms with Crippen molar-refractivity contribution in [1.82, 2.24) is 14.5 Å². The van der Waals surface area contributed by atoms with Gasteiger partial charge in [0, 0.05) is 6.54 Å². The number of carbonyl (C=O) groups excluding carboxylic acids is 1. The van der Waals surface area contributed by atoms with Crippen LogP contribution in [0.15, 0.2) is 30.6 Å². The number of imidazole rings is 1. The molecule has 0 bridgehead atoms. The third-order valence-electron chi connectivity index (χ3n) is 4.08. The zero-order chi connectivity index (χ0) is 15.0. The van der Waals surface area contributed by atoms with Gasteiger partial charge in [-0.1, -0.05) is 12.1 Å². The number of benzene rings is 1. The Bertz CT molecular complexity index is 694. The largest absolute Gasteiger partial charge is 0.480 e. The van der Waals surface area contributed by atoms with Crippen molar-refractivity contribution >= 4 is 22.9 Å². The van der Waals surface area contributed by atoms with E-state index in [1.807, 2.05) is 24.3 Å². The van der Waals surface area contributed by atoms with Crippen molar-refractivity contribution in [3.05, 3.63) is 30.6 Å². The molecule has 0 saturated carbocycles. The molecule has 0 aliphatic carbocycles. The third-order valence-corrected chi connectivity index (χ3v) is 4.08. The first kappa shape index (κ1) is 13.6. The predicted octanol–water partition coefficient (Wildman–Crippen LogP) is 1.67. The van der Waals surface area contributed by atoms with Gasteiger partial charge in [0.15, 0.2) is 0 Å². The summed E-state index contributed by atoms with van der Waals surface area (Å²) in [5.41, 5.74) is 1.71. The van der Waals surface area contributed by atoms with E-state index in [2.05, 4.69) is 4.98 Å². The molecule has 110 valence electrons. The van der Waals surface area contributed by atoms with E-state index < -0.39 is 18.1 Å². The summed E-state index contributed by atoms with van der Waals surface area (Å²) >= 11 is 0. The van der Waals surface area contributed by atoms with Crippen LogP contribution < -0.4 is 0 Å². The number of carboxylic acid groups (broad SMARTS) is 1. The van der Waals surface area contributed by atoms with Gasteiger partial charge in [0.1, 0.15) is 12.1 Å². The molecule has 6 nitrogen and oxygen atoms in total. The lowest BCUT2D eigenvalue weighted by Crippen LogP contribution is -2.43. The van der Waals surface area contributed by atoms with Gasteiger partial charge >= 0.3 is 5.97 Å². The van der Waals surface area contributed by atoms with E-state index in [0.717, 1.165) is 17.5 Å². The van der Waals surface area contributed by atoms with Gasteiger partial charge < -0.3 is 14.6 Å². The molecule has 2 atom stereocenters. The summed E-state index contributed by atoms with van der Waals surface area (Å²) in [6.07, 6.45) is 2.90. The van der Waals surface area contributed by atoms with Crippen molar-refractivity contribution in [2.75, 3.05) is 6.54 Å². The first-order chi connectivity index (χ1) is 10.1. The first-order valence-electron chi connectivity index (χ1n) is 7.04. The maximum Gasteiger partial charge on any atom is 0.326 e. The highest BCUT2D eigenvalue weighted by Gasteiger charge is 2.36. The Morgan fingerprint density at radius 3 is 2.90 bits per heavy atom. The molecule has 2 aromatic rings. The Hall–Kier alpha value is -2.37. The molecule has 0 radical (unpaired) electrons. The Morgan fingerprint density at radius 2 is 2.14 bits per heavy atom. The molecule has 2 heterocycles. The highest BCUT2D eigenvalue weighted by Crippen LogP contribution is 2.24. The number of likely N-dealkylation sites (tertiary alicyclic amines) is 1. The van der Waals surface area contributed by atoms with Gasteiger partial charge in [-0.3, -0.25) is 4.79 Å². The van der Waals surface area contributed by atoms with Crippen LogP contribution in [0.25, 0.3) is 11.0 Å². The van der Waals surface area contributed by atoms with Crippen LogP contribution in [0.3, 0.4) is 0 Å². The molecule has 1 aliphatic rings. The van der Waals surface area contributed by atoms with Crippen molar-refractivity contribution in [3.8, 4) is 0 Å². The molecular formula is C15H17N3O3. The standard InChI is InChI=1S/C15H17N3O3/c1-10(14(19)17-8-4-7-13(17)15(20)21)18-9-16-11-5-2-3-6-12(11)18/h2-3,5-6,9-10,13H,4,7-8H2,1H3,(H,20,21). The van der Waals surface area contributed by atoms with Gasteiger partial charge in [-0.2, -0.15) is 0 Å². The Balaban J connectivity index is 1.89. The number of aromatic nitrogens is 2. The highest BCUT2D eigenvalue weighted by atomic mass is 16.4. The molecule has 1 N–H and O–H groups in total. The number of aliphatic carboxylic acids is 1. The lowest BCUT2D eigenvalue weighted by Gasteiger charge is -2.25. The molecule has 1 aliphatic heterocycles. The number of carbonyl (C=O) groups is 2. The Kier molecular flexibility index (Phi) is 3.37. The molecule has 2 unspecified atom stereocenters. The lowest BCUT2D eigenvalue weighted by molar-refractivity contribution is -0.149. The van der Waals surface area contributed by atoms with Crippen molar-refractivity contribution < 1.29 is 14.7 Å². The van der Waals surface area contributed by atoms with Crippen LogP contribution >= 0.6 is 0 Å². The second-order valence-electron chi connectivity index (χ2n) is 5.34. The van der Waals surface area contributed by atoms with Crippen molar-refractivity contribution in [3.63, 3.8) is 0 Å². The Labute approximate surface area is 122 Å². The first-order valence-corrected chi connectivity index (χ1v) is 7.04. The van der Waals surface area contributed by atoms with Crippen LogP contribution in [0.1, 0.15) is 25.8 Å². The number of hydrogen-bond acceptors (Lipinski definition) is 3. The smallest absolute Gasteiger partial charge is 0.326 e. The number of nitrogens with zero attached hydrogens (tertiary/aromatic N) is 3. The molecule has 1 saturated heterocycles. The van der Waals surface area contributed by atoms with Gasteiger partial charge in [0.25, 0.3) is 0 Å². The number of hydrogen-bond donors (Lipinski definition) is 1. The van der Waals surface area contributed by atoms with Crippen LogP contribution in [0.4, 0.5) is 0 Å². The molecule has 0 spiro atoms. The topological polar surface area (TPSA) is 75.4 Å². The number of para-hydroxylation sites is 2. The average Bonchev–Trinajstić information content (AvgIpc) is 3.12. The number of rotatable bonds is 3. The molecule has 21 heavy (non-hydrogen) atoms. The lowest BCUT2D eigenvalue weighted by atomic mass is 10.2. The summed E-state index contributed by atoms with van der Waals surface area (Å²) in [6, 6.07) is 6.43. The molecule has 1 aromatic carbocycles. The van der Waals surface area contributed by atoms with Crippen LogP contribution in [-0.2, 0) is 9.59 Å². The number of amides is 1. The number of carboxylic acids is 1. The van der Waals surface area contributed by atoms with Crippen molar-refractivity contribution in [2.24, 2.45) is 0 Å². The van der Waals surface area contributed by atoms with E-state index in [4.69, 9.17) is 0 Å². The molecule has 1 aromatic heterocycles. The van der Waals surface area contributed by atoms with Crippen molar-refractivity contribution in [1.29, 1.82) is 0 Å². The van der Waals surface area contributed by atoms with E-state index in [9.17, 15) is 14.7 Å². The minimum Gasteiger partial charge on any atom is -0.480 e. The van der Waals surface area contributed by atoms with Gasteiger partial charge in [0.05, 0.1) is 17.4 Å². The van der Waals surface area contributed by atoms with Gasteiger partial charge in [0.2, 0.25) is 5.91 Å². The number of fused-ring (bicyclic) bond motifs is 1. The minimum atomic E-state index is -0.927. The van der Waals surface area contributed by atoms with Crippen LogP contribution in [-0.4, -0.2) is 44.0 Å². The van der Waals surface area contributed by atoms with Gasteiger partial charge in [-0.25, -0.2) is 9.78 Å². The predicted molar refractivity (Wildman–Crippen MR) is 76.8 cm³/mol. The maximum atomic E-state index is 12.6. The average molecular weight is 287 g/mol. The summed E-state index contributed by atoms with van der Waals surface area (Å²) < 4.78 is 1.80. The highest BCUT2D eigenvalue weighted by molar-refractivity contribution is 5.88. The van der Waals surface area contributed by atoms with Crippen molar-refractivity contribution in [2.45, 2.75) is 31.8 Å². The monoisotopic (exact) mass is 287 g/mol. The zero-order valence-electron chi connectivity index (χ0n) is 11.8. The minimum absolute atomic E-state index is 0.164. The van der Waals surface area contributed by atoms with E-state index in [1.54, 1.807) is 17.8 Å². The molecule has 1 amide bonds. The second-order valence-corrected chi connectivity index (χ2v) is 5.34. The fraction of sp³-hybridized carbons (Fsp3) is 0.400. The summed E-state index contributed by atoms with van der Waals surface area (Å²) in [5.74, 6) is -1.09. The quantitative estimate of drug-likeness (QED) is 0.931. The fourth-order valence-electron chi connectivity index (χ4n) is 2.93. The van der Waals surface area contributed by atoms with E-state index in [1.165, 1.54) is 4.90 Å². The van der Waals surface area contributed by atoms with Crippen LogP contribution in [0, 0.1) is 0 Å². The second kappa shape index (κ2) is 5.20. The molecule has 6 heteroatoms. The Morgan fingerprint density at radius 1 is 1.38 bits per heavy atom. The molecule has 3 rings (SSSR count). The van der Waals surface area contributed by atoms with Crippen LogP contribution in [0.5, 0.6) is 0 Å². The molecule has 1 fully saturated rings. The maximum absolute atomic E-state index is 12.6. The van der Waals surface area contributed by atoms with E-state index in [-0.39, 0.29) is 5.91 Å². The zero-order valence-corrected chi connectivity index (χ0v) is 11.8. The summed E-state index contributed by atoms with van der Waals surface area (Å²) in [4.78, 5) is 29.6.